The average Bonchev–Trinajstić information content (AvgIpc) is 3.29. The van der Waals surface area contributed by atoms with Crippen LogP contribution in [0.3, 0.4) is 0 Å². The second-order valence-electron chi connectivity index (χ2n) is 6.29. The van der Waals surface area contributed by atoms with Crippen molar-refractivity contribution in [3.63, 3.8) is 0 Å². The molecule has 2 aromatic heterocycles. The first kappa shape index (κ1) is 16.9. The van der Waals surface area contributed by atoms with Crippen LogP contribution in [-0.2, 0) is 0 Å². The van der Waals surface area contributed by atoms with Crippen LogP contribution in [0, 0.1) is 11.3 Å². The van der Waals surface area contributed by atoms with E-state index in [1.807, 2.05) is 46.0 Å². The summed E-state index contributed by atoms with van der Waals surface area (Å²) in [6, 6.07) is 9.26. The molecule has 0 aliphatic carbocycles. The first-order chi connectivity index (χ1) is 13.1. The van der Waals surface area contributed by atoms with Crippen molar-refractivity contribution < 1.29 is 4.39 Å². The van der Waals surface area contributed by atoms with E-state index in [-0.39, 0.29) is 5.69 Å². The second-order valence-corrected chi connectivity index (χ2v) is 6.29. The van der Waals surface area contributed by atoms with Crippen LogP contribution in [0.25, 0.3) is 5.69 Å². The number of nitriles is 1. The fourth-order valence-electron chi connectivity index (χ4n) is 2.95. The van der Waals surface area contributed by atoms with Crippen molar-refractivity contribution in [3.8, 4) is 11.8 Å². The zero-order valence-corrected chi connectivity index (χ0v) is 14.3. The topological polar surface area (TPSA) is 109 Å². The maximum atomic E-state index is 13.6. The fraction of sp³-hybridized carbons (Fsp3) is 0.222. The maximum Gasteiger partial charge on any atom is 0.158 e. The molecule has 8 nitrogen and oxygen atoms in total. The van der Waals surface area contributed by atoms with E-state index in [0.717, 1.165) is 11.4 Å². The molecule has 1 saturated heterocycles. The van der Waals surface area contributed by atoms with E-state index < -0.39 is 12.2 Å². The van der Waals surface area contributed by atoms with Gasteiger partial charge >= 0.3 is 0 Å². The van der Waals surface area contributed by atoms with Crippen LogP contribution in [0.1, 0.15) is 5.69 Å². The van der Waals surface area contributed by atoms with Crippen LogP contribution >= 0.6 is 0 Å². The highest BCUT2D eigenvalue weighted by atomic mass is 19.1. The Balaban J connectivity index is 1.45. The molecule has 0 saturated carbocycles. The molecule has 0 amide bonds. The van der Waals surface area contributed by atoms with Gasteiger partial charge in [0.25, 0.3) is 0 Å². The predicted molar refractivity (Wildman–Crippen MR) is 98.7 cm³/mol. The highest BCUT2D eigenvalue weighted by Gasteiger charge is 2.29. The van der Waals surface area contributed by atoms with E-state index >= 15 is 0 Å². The van der Waals surface area contributed by atoms with Gasteiger partial charge < -0.3 is 20.5 Å². The summed E-state index contributed by atoms with van der Waals surface area (Å²) in [7, 11) is 0. The van der Waals surface area contributed by atoms with E-state index in [2.05, 4.69) is 20.3 Å². The largest absolute Gasteiger partial charge is 0.367 e. The first-order valence-electron chi connectivity index (χ1n) is 8.40. The number of nitrogens with one attached hydrogen (secondary N) is 1. The Morgan fingerprint density at radius 1 is 1.07 bits per heavy atom. The number of aromatic nitrogens is 4. The van der Waals surface area contributed by atoms with Gasteiger partial charge in [0.05, 0.1) is 31.2 Å². The second kappa shape index (κ2) is 7.01. The Hall–Kier alpha value is -3.51. The number of hydrogen-bond acceptors (Lipinski definition) is 7. The lowest BCUT2D eigenvalue weighted by molar-refractivity contribution is 0.333. The van der Waals surface area contributed by atoms with E-state index in [0.29, 0.717) is 24.7 Å². The van der Waals surface area contributed by atoms with Gasteiger partial charge in [0.1, 0.15) is 30.2 Å². The van der Waals surface area contributed by atoms with E-state index in [1.54, 1.807) is 6.33 Å². The molecule has 3 N–H and O–H groups in total. The van der Waals surface area contributed by atoms with Gasteiger partial charge in [-0.1, -0.05) is 0 Å². The molecule has 0 radical (unpaired) electrons. The van der Waals surface area contributed by atoms with Crippen molar-refractivity contribution in [3.05, 3.63) is 54.9 Å². The zero-order chi connectivity index (χ0) is 18.8. The van der Waals surface area contributed by atoms with Crippen LogP contribution in [0.15, 0.2) is 49.2 Å². The quantitative estimate of drug-likeness (QED) is 0.726. The van der Waals surface area contributed by atoms with E-state index in [1.165, 1.54) is 12.4 Å². The minimum Gasteiger partial charge on any atom is -0.367 e. The molecule has 0 bridgehead atoms. The molecule has 2 unspecified atom stereocenters. The zero-order valence-electron chi connectivity index (χ0n) is 14.3. The Morgan fingerprint density at radius 3 is 2.48 bits per heavy atom. The van der Waals surface area contributed by atoms with Crippen LogP contribution < -0.4 is 16.0 Å². The smallest absolute Gasteiger partial charge is 0.158 e. The lowest BCUT2D eigenvalue weighted by atomic mass is 10.2. The summed E-state index contributed by atoms with van der Waals surface area (Å²) in [5.74, 6) is 1.10. The lowest BCUT2D eigenvalue weighted by Crippen LogP contribution is -2.30. The number of rotatable bonds is 4. The van der Waals surface area contributed by atoms with Gasteiger partial charge in [-0.3, -0.25) is 0 Å². The van der Waals surface area contributed by atoms with Crippen LogP contribution in [0.5, 0.6) is 0 Å². The molecule has 3 aromatic rings. The summed E-state index contributed by atoms with van der Waals surface area (Å²) in [5, 5.41) is 11.8. The molecular weight excluding hydrogens is 347 g/mol. The van der Waals surface area contributed by atoms with Crippen LogP contribution in [-0.4, -0.2) is 44.8 Å². The third-order valence-corrected chi connectivity index (χ3v) is 4.41. The molecule has 2 atom stereocenters. The van der Waals surface area contributed by atoms with Gasteiger partial charge in [-0.25, -0.2) is 19.3 Å². The standard InChI is InChI=1S/C18H17FN8/c19-15-8-26(9-16(15)21)13-1-3-14(4-2-13)27-10-18(24-11-27)25-17-7-22-12(5-20)6-23-17/h1-4,6-7,10-11,15-16H,8-9,21H2,(H,23,25). The summed E-state index contributed by atoms with van der Waals surface area (Å²) >= 11 is 0. The Bertz CT molecular complexity index is 950. The van der Waals surface area contributed by atoms with E-state index in [9.17, 15) is 4.39 Å². The minimum absolute atomic E-state index is 0.254. The highest BCUT2D eigenvalue weighted by molar-refractivity contribution is 5.54. The van der Waals surface area contributed by atoms with Gasteiger partial charge in [0.2, 0.25) is 0 Å². The van der Waals surface area contributed by atoms with Crippen LogP contribution in [0.2, 0.25) is 0 Å². The number of alkyl halides is 1. The molecule has 1 fully saturated rings. The molecule has 9 heteroatoms. The number of halogens is 1. The van der Waals surface area contributed by atoms with Crippen molar-refractivity contribution in [2.75, 3.05) is 23.3 Å². The molecule has 136 valence electrons. The van der Waals surface area contributed by atoms with Gasteiger partial charge in [-0.2, -0.15) is 5.26 Å². The number of nitrogens with zero attached hydrogens (tertiary/aromatic N) is 6. The fourth-order valence-corrected chi connectivity index (χ4v) is 2.95. The molecule has 4 rings (SSSR count). The first-order valence-corrected chi connectivity index (χ1v) is 8.40. The number of hydrogen-bond donors (Lipinski definition) is 2. The number of anilines is 3. The molecular formula is C18H17FN8. The van der Waals surface area contributed by atoms with Crippen molar-refractivity contribution in [2.45, 2.75) is 12.2 Å². The Morgan fingerprint density at radius 2 is 1.85 bits per heavy atom. The van der Waals surface area contributed by atoms with Gasteiger partial charge in [0.15, 0.2) is 5.69 Å². The predicted octanol–water partition coefficient (Wildman–Crippen LogP) is 1.76. The number of nitrogens with two attached hydrogens (primary N) is 1. The minimum atomic E-state index is -0.989. The lowest BCUT2D eigenvalue weighted by Gasteiger charge is -2.18. The summed E-state index contributed by atoms with van der Waals surface area (Å²) < 4.78 is 15.5. The maximum absolute atomic E-state index is 13.6. The third-order valence-electron chi connectivity index (χ3n) is 4.41. The van der Waals surface area contributed by atoms with E-state index in [4.69, 9.17) is 11.0 Å². The molecule has 1 aliphatic rings. The van der Waals surface area contributed by atoms with Crippen LogP contribution in [0.4, 0.5) is 21.7 Å². The highest BCUT2D eigenvalue weighted by Crippen LogP contribution is 2.23. The van der Waals surface area contributed by atoms with Crippen molar-refractivity contribution in [1.29, 1.82) is 5.26 Å². The summed E-state index contributed by atoms with van der Waals surface area (Å²) in [6.45, 7) is 0.844. The summed E-state index contributed by atoms with van der Waals surface area (Å²) in [5.41, 5.74) is 7.87. The molecule has 1 aromatic carbocycles. The van der Waals surface area contributed by atoms with Gasteiger partial charge in [0, 0.05) is 17.9 Å². The average molecular weight is 364 g/mol. The molecule has 27 heavy (non-hydrogen) atoms. The number of benzene rings is 1. The third kappa shape index (κ3) is 3.56. The summed E-state index contributed by atoms with van der Waals surface area (Å²) in [6.07, 6.45) is 5.38. The molecule has 0 spiro atoms. The van der Waals surface area contributed by atoms with Gasteiger partial charge in [-0.05, 0) is 24.3 Å². The molecule has 3 heterocycles. The molecule has 1 aliphatic heterocycles. The normalized spacial score (nSPS) is 19.1. The Kier molecular flexibility index (Phi) is 4.40. The van der Waals surface area contributed by atoms with Gasteiger partial charge in [-0.15, -0.1) is 0 Å². The number of imidazole rings is 1. The monoisotopic (exact) mass is 364 g/mol. The summed E-state index contributed by atoms with van der Waals surface area (Å²) in [4.78, 5) is 14.3. The van der Waals surface area contributed by atoms with Crippen molar-refractivity contribution in [1.82, 2.24) is 19.5 Å². The van der Waals surface area contributed by atoms with Crippen molar-refractivity contribution in [2.24, 2.45) is 5.73 Å². The van der Waals surface area contributed by atoms with Crippen molar-refractivity contribution >= 4 is 17.3 Å². The SMILES string of the molecule is N#Cc1cnc(Nc2cn(-c3ccc(N4CC(N)C(F)C4)cc3)cn2)cn1. The Labute approximate surface area is 155 Å².